The highest BCUT2D eigenvalue weighted by Crippen LogP contribution is 2.47. The largest absolute Gasteiger partial charge is 0.311 e. The molecule has 23 heavy (non-hydrogen) atoms. The number of para-hydroxylation sites is 1. The van der Waals surface area contributed by atoms with Gasteiger partial charge in [0.25, 0.3) is 0 Å². The van der Waals surface area contributed by atoms with Crippen LogP contribution in [0.15, 0.2) is 54.6 Å². The average molecular weight is 304 g/mol. The maximum Gasteiger partial charge on any atom is 0.244 e. The summed E-state index contributed by atoms with van der Waals surface area (Å²) < 4.78 is 0. The van der Waals surface area contributed by atoms with Gasteiger partial charge >= 0.3 is 0 Å². The van der Waals surface area contributed by atoms with Crippen molar-refractivity contribution in [2.45, 2.75) is 24.9 Å². The molecule has 0 unspecified atom stereocenters. The lowest BCUT2D eigenvalue weighted by Crippen LogP contribution is -2.44. The number of nitrogens with zero attached hydrogens (tertiary/aromatic N) is 2. The summed E-state index contributed by atoms with van der Waals surface area (Å²) in [5, 5.41) is 0. The molecule has 0 spiro atoms. The number of fused-ring (bicyclic) bond motifs is 5. The highest BCUT2D eigenvalue weighted by atomic mass is 16.2. The molecule has 116 valence electrons. The lowest BCUT2D eigenvalue weighted by molar-refractivity contribution is -0.121. The Labute approximate surface area is 136 Å². The Hall–Kier alpha value is -2.13. The van der Waals surface area contributed by atoms with Crippen molar-refractivity contribution in [3.05, 3.63) is 65.7 Å². The summed E-state index contributed by atoms with van der Waals surface area (Å²) in [5.74, 6) is 0.752. The van der Waals surface area contributed by atoms with Gasteiger partial charge in [-0.05, 0) is 36.1 Å². The third-order valence-electron chi connectivity index (χ3n) is 5.79. The molecule has 3 aliphatic heterocycles. The van der Waals surface area contributed by atoms with Crippen LogP contribution in [0.4, 0.5) is 5.69 Å². The van der Waals surface area contributed by atoms with Crippen LogP contribution in [-0.2, 0) is 11.2 Å². The zero-order valence-corrected chi connectivity index (χ0v) is 13.1. The van der Waals surface area contributed by atoms with Crippen LogP contribution in [0.3, 0.4) is 0 Å². The third-order valence-corrected chi connectivity index (χ3v) is 5.79. The molecule has 0 N–H and O–H groups in total. The summed E-state index contributed by atoms with van der Waals surface area (Å²) in [6.45, 7) is 1.87. The summed E-state index contributed by atoms with van der Waals surface area (Å²) in [5.41, 5.74) is 3.97. The van der Waals surface area contributed by atoms with E-state index in [1.807, 2.05) is 35.2 Å². The van der Waals surface area contributed by atoms with Crippen molar-refractivity contribution in [3.63, 3.8) is 0 Å². The highest BCUT2D eigenvalue weighted by molar-refractivity contribution is 6.00. The van der Waals surface area contributed by atoms with E-state index in [1.165, 1.54) is 11.1 Å². The molecule has 3 heterocycles. The summed E-state index contributed by atoms with van der Waals surface area (Å²) in [7, 11) is 0. The standard InChI is InChI=1S/C20H20N2O/c23-20-19-15(13-22(20)16-7-2-1-3-8-16)12-18-17-9-5-4-6-14(17)10-11-21(18)19/h1-9,15,18-19H,10-13H2/t15-,18-,19-/m0/s1. The van der Waals surface area contributed by atoms with Crippen LogP contribution in [0.2, 0.25) is 0 Å². The SMILES string of the molecule is O=C1[C@@H]2[C@@H](C[C@H]3c4ccccc4CCN23)CN1c1ccccc1. The Morgan fingerprint density at radius 3 is 2.61 bits per heavy atom. The van der Waals surface area contributed by atoms with Crippen LogP contribution in [-0.4, -0.2) is 29.9 Å². The molecule has 2 fully saturated rings. The van der Waals surface area contributed by atoms with E-state index in [2.05, 4.69) is 29.2 Å². The fourth-order valence-electron chi connectivity index (χ4n) is 4.80. The minimum atomic E-state index is 0.0774. The Morgan fingerprint density at radius 1 is 0.957 bits per heavy atom. The first-order chi connectivity index (χ1) is 11.3. The average Bonchev–Trinajstić information content (AvgIpc) is 3.13. The summed E-state index contributed by atoms with van der Waals surface area (Å²) in [6.07, 6.45) is 2.17. The summed E-state index contributed by atoms with van der Waals surface area (Å²) in [4.78, 5) is 17.5. The van der Waals surface area contributed by atoms with Gasteiger partial charge in [-0.1, -0.05) is 42.5 Å². The highest BCUT2D eigenvalue weighted by Gasteiger charge is 2.53. The van der Waals surface area contributed by atoms with Gasteiger partial charge in [-0.15, -0.1) is 0 Å². The van der Waals surface area contributed by atoms with E-state index in [0.29, 0.717) is 17.9 Å². The van der Waals surface area contributed by atoms with Crippen molar-refractivity contribution >= 4 is 11.6 Å². The fraction of sp³-hybridized carbons (Fsp3) is 0.350. The smallest absolute Gasteiger partial charge is 0.244 e. The zero-order chi connectivity index (χ0) is 15.4. The van der Waals surface area contributed by atoms with Crippen LogP contribution in [0.25, 0.3) is 0 Å². The van der Waals surface area contributed by atoms with Crippen LogP contribution in [0.5, 0.6) is 0 Å². The molecule has 3 aliphatic rings. The first kappa shape index (κ1) is 13.3. The van der Waals surface area contributed by atoms with Crippen molar-refractivity contribution in [2.75, 3.05) is 18.0 Å². The molecule has 3 nitrogen and oxygen atoms in total. The number of carbonyl (C=O) groups excluding carboxylic acids is 1. The maximum atomic E-state index is 13.0. The molecule has 5 rings (SSSR count). The van der Waals surface area contributed by atoms with Crippen LogP contribution in [0, 0.1) is 5.92 Å². The van der Waals surface area contributed by atoms with E-state index < -0.39 is 0 Å². The molecule has 0 aliphatic carbocycles. The molecular weight excluding hydrogens is 284 g/mol. The van der Waals surface area contributed by atoms with E-state index >= 15 is 0 Å². The summed E-state index contributed by atoms with van der Waals surface area (Å²) in [6, 6.07) is 19.4. The van der Waals surface area contributed by atoms with Gasteiger partial charge in [-0.25, -0.2) is 0 Å². The number of carbonyl (C=O) groups is 1. The monoisotopic (exact) mass is 304 g/mol. The topological polar surface area (TPSA) is 23.6 Å². The lowest BCUT2D eigenvalue weighted by Gasteiger charge is -2.35. The van der Waals surface area contributed by atoms with E-state index in [-0.39, 0.29) is 6.04 Å². The van der Waals surface area contributed by atoms with Crippen molar-refractivity contribution in [2.24, 2.45) is 5.92 Å². The number of amides is 1. The second-order valence-electron chi connectivity index (χ2n) is 6.93. The molecule has 2 saturated heterocycles. The normalized spacial score (nSPS) is 29.3. The maximum absolute atomic E-state index is 13.0. The van der Waals surface area contributed by atoms with Crippen molar-refractivity contribution in [1.82, 2.24) is 4.90 Å². The van der Waals surface area contributed by atoms with Crippen LogP contribution in [0.1, 0.15) is 23.6 Å². The Bertz CT molecular complexity index is 757. The fourth-order valence-corrected chi connectivity index (χ4v) is 4.80. The summed E-state index contributed by atoms with van der Waals surface area (Å²) >= 11 is 0. The minimum Gasteiger partial charge on any atom is -0.311 e. The first-order valence-corrected chi connectivity index (χ1v) is 8.53. The van der Waals surface area contributed by atoms with Crippen molar-refractivity contribution in [1.29, 1.82) is 0 Å². The number of anilines is 1. The van der Waals surface area contributed by atoms with Gasteiger partial charge in [-0.3, -0.25) is 9.69 Å². The van der Waals surface area contributed by atoms with Crippen molar-refractivity contribution < 1.29 is 4.79 Å². The molecule has 1 amide bonds. The predicted molar refractivity (Wildman–Crippen MR) is 90.3 cm³/mol. The van der Waals surface area contributed by atoms with Crippen LogP contribution < -0.4 is 4.90 Å². The molecule has 3 atom stereocenters. The second-order valence-corrected chi connectivity index (χ2v) is 6.93. The lowest BCUT2D eigenvalue weighted by atomic mass is 9.91. The van der Waals surface area contributed by atoms with Crippen molar-refractivity contribution in [3.8, 4) is 0 Å². The Kier molecular flexibility index (Phi) is 2.86. The Morgan fingerprint density at radius 2 is 1.74 bits per heavy atom. The molecule has 2 aromatic rings. The number of benzene rings is 2. The van der Waals surface area contributed by atoms with Gasteiger partial charge in [-0.2, -0.15) is 0 Å². The molecule has 0 radical (unpaired) electrons. The van der Waals surface area contributed by atoms with E-state index in [1.54, 1.807) is 0 Å². The molecule has 0 bridgehead atoms. The number of hydrogen-bond donors (Lipinski definition) is 0. The van der Waals surface area contributed by atoms with Crippen LogP contribution >= 0.6 is 0 Å². The number of rotatable bonds is 1. The zero-order valence-electron chi connectivity index (χ0n) is 13.1. The number of hydrogen-bond acceptors (Lipinski definition) is 2. The van der Waals surface area contributed by atoms with Gasteiger partial charge < -0.3 is 4.90 Å². The minimum absolute atomic E-state index is 0.0774. The first-order valence-electron chi connectivity index (χ1n) is 8.53. The van der Waals surface area contributed by atoms with Gasteiger partial charge in [0.05, 0.1) is 6.04 Å². The van der Waals surface area contributed by atoms with E-state index in [4.69, 9.17) is 0 Å². The Balaban J connectivity index is 1.47. The molecule has 3 heteroatoms. The third kappa shape index (κ3) is 1.89. The molecular formula is C20H20N2O. The quantitative estimate of drug-likeness (QED) is 0.808. The van der Waals surface area contributed by atoms with E-state index in [9.17, 15) is 4.79 Å². The van der Waals surface area contributed by atoms with E-state index in [0.717, 1.165) is 31.6 Å². The van der Waals surface area contributed by atoms with Gasteiger partial charge in [0, 0.05) is 30.7 Å². The van der Waals surface area contributed by atoms with Gasteiger partial charge in [0.2, 0.25) is 5.91 Å². The van der Waals surface area contributed by atoms with Gasteiger partial charge in [0.1, 0.15) is 0 Å². The van der Waals surface area contributed by atoms with Gasteiger partial charge in [0.15, 0.2) is 0 Å². The predicted octanol–water partition coefficient (Wildman–Crippen LogP) is 3.02. The molecule has 2 aromatic carbocycles. The molecule has 0 saturated carbocycles. The second kappa shape index (κ2) is 4.93. The molecule has 0 aromatic heterocycles.